The van der Waals surface area contributed by atoms with Crippen LogP contribution in [0.15, 0.2) is 30.5 Å². The van der Waals surface area contributed by atoms with Gasteiger partial charge in [0.05, 0.1) is 5.01 Å². The lowest BCUT2D eigenvalue weighted by molar-refractivity contribution is -0.116. The first-order valence-electron chi connectivity index (χ1n) is 5.35. The van der Waals surface area contributed by atoms with Gasteiger partial charge in [0.15, 0.2) is 0 Å². The fourth-order valence-electron chi connectivity index (χ4n) is 1.58. The van der Waals surface area contributed by atoms with Gasteiger partial charge in [-0.2, -0.15) is 0 Å². The van der Waals surface area contributed by atoms with Gasteiger partial charge in [0.25, 0.3) is 0 Å². The van der Waals surface area contributed by atoms with Gasteiger partial charge in [-0.1, -0.05) is 18.2 Å². The zero-order chi connectivity index (χ0) is 12.3. The van der Waals surface area contributed by atoms with E-state index in [1.165, 1.54) is 11.3 Å². The largest absolute Gasteiger partial charge is 0.508 e. The van der Waals surface area contributed by atoms with Crippen LogP contribution in [0, 0.1) is 0 Å². The summed E-state index contributed by atoms with van der Waals surface area (Å²) < 4.78 is 0. The lowest BCUT2D eigenvalue weighted by Crippen LogP contribution is -1.92. The number of phenols is 1. The number of hydrogen-bond acceptors (Lipinski definition) is 4. The predicted octanol–water partition coefficient (Wildman–Crippen LogP) is 2.57. The molecule has 0 atom stereocenters. The first kappa shape index (κ1) is 11.8. The number of phenolic OH excluding ortho intramolecular Hbond substituents is 1. The lowest BCUT2D eigenvalue weighted by Gasteiger charge is -2.00. The van der Waals surface area contributed by atoms with Gasteiger partial charge in [-0.15, -0.1) is 11.3 Å². The maximum absolute atomic E-state index is 11.0. The molecule has 2 rings (SSSR count). The highest BCUT2D eigenvalue weighted by atomic mass is 32.1. The summed E-state index contributed by atoms with van der Waals surface area (Å²) in [6, 6.07) is 7.22. The fourth-order valence-corrected chi connectivity index (χ4v) is 2.60. The van der Waals surface area contributed by atoms with Crippen LogP contribution in [0.25, 0.3) is 0 Å². The van der Waals surface area contributed by atoms with E-state index in [0.29, 0.717) is 12.8 Å². The van der Waals surface area contributed by atoms with Gasteiger partial charge in [0, 0.05) is 29.5 Å². The van der Waals surface area contributed by atoms with Crippen LogP contribution in [0.2, 0.25) is 0 Å². The topological polar surface area (TPSA) is 50.2 Å². The van der Waals surface area contributed by atoms with Crippen molar-refractivity contribution in [2.45, 2.75) is 19.8 Å². The molecular weight excluding hydrogens is 234 g/mol. The van der Waals surface area contributed by atoms with Gasteiger partial charge in [-0.3, -0.25) is 4.79 Å². The maximum Gasteiger partial charge on any atom is 0.135 e. The first-order chi connectivity index (χ1) is 8.15. The quantitative estimate of drug-likeness (QED) is 0.903. The third-order valence-electron chi connectivity index (χ3n) is 2.36. The Morgan fingerprint density at radius 2 is 2.18 bits per heavy atom. The number of para-hydroxylation sites is 1. The Morgan fingerprint density at radius 1 is 1.41 bits per heavy atom. The minimum absolute atomic E-state index is 0.141. The van der Waals surface area contributed by atoms with Crippen LogP contribution in [0.5, 0.6) is 5.75 Å². The van der Waals surface area contributed by atoms with E-state index < -0.39 is 0 Å². The highest BCUT2D eigenvalue weighted by Gasteiger charge is 2.07. The number of carbonyl (C=O) groups excluding carboxylic acids is 1. The van der Waals surface area contributed by atoms with Crippen LogP contribution in [-0.4, -0.2) is 15.9 Å². The van der Waals surface area contributed by atoms with Crippen molar-refractivity contribution in [2.24, 2.45) is 0 Å². The Morgan fingerprint density at radius 3 is 2.88 bits per heavy atom. The first-order valence-corrected chi connectivity index (χ1v) is 6.16. The highest BCUT2D eigenvalue weighted by molar-refractivity contribution is 7.11. The third kappa shape index (κ3) is 3.14. The van der Waals surface area contributed by atoms with Gasteiger partial charge >= 0.3 is 0 Å². The number of aromatic hydroxyl groups is 1. The van der Waals surface area contributed by atoms with Crippen molar-refractivity contribution in [3.63, 3.8) is 0 Å². The van der Waals surface area contributed by atoms with Gasteiger partial charge in [-0.25, -0.2) is 4.98 Å². The molecule has 0 aliphatic carbocycles. The van der Waals surface area contributed by atoms with E-state index in [9.17, 15) is 9.90 Å². The van der Waals surface area contributed by atoms with Crippen LogP contribution in [0.3, 0.4) is 0 Å². The summed E-state index contributed by atoms with van der Waals surface area (Å²) in [5, 5.41) is 10.6. The molecule has 0 unspecified atom stereocenters. The van der Waals surface area contributed by atoms with E-state index in [0.717, 1.165) is 15.4 Å². The molecule has 0 aliphatic heterocycles. The molecule has 1 N–H and O–H groups in total. The Labute approximate surface area is 104 Å². The summed E-state index contributed by atoms with van der Waals surface area (Å²) in [5.74, 6) is 0.429. The Hall–Kier alpha value is -1.68. The van der Waals surface area contributed by atoms with Crippen LogP contribution < -0.4 is 0 Å². The van der Waals surface area contributed by atoms with Gasteiger partial charge in [0.2, 0.25) is 0 Å². The molecule has 0 saturated carbocycles. The molecule has 0 aliphatic rings. The molecule has 0 bridgehead atoms. The Bertz CT molecular complexity index is 534. The van der Waals surface area contributed by atoms with Crippen molar-refractivity contribution in [1.82, 2.24) is 4.98 Å². The molecule has 1 aromatic carbocycles. The second-order valence-corrected chi connectivity index (χ2v) is 5.10. The molecule has 1 heterocycles. The maximum atomic E-state index is 11.0. The SMILES string of the molecule is CC(=O)Cc1cnc(Cc2ccccc2O)s1. The van der Waals surface area contributed by atoms with Gasteiger partial charge < -0.3 is 5.11 Å². The molecule has 1 aromatic heterocycles. The Kier molecular flexibility index (Phi) is 3.54. The minimum Gasteiger partial charge on any atom is -0.508 e. The second-order valence-electron chi connectivity index (χ2n) is 3.90. The summed E-state index contributed by atoms with van der Waals surface area (Å²) in [6.07, 6.45) is 2.79. The standard InChI is InChI=1S/C13H13NO2S/c1-9(15)6-11-8-14-13(17-11)7-10-4-2-3-5-12(10)16/h2-5,8,16H,6-7H2,1H3. The summed E-state index contributed by atoms with van der Waals surface area (Å²) in [6.45, 7) is 1.57. The zero-order valence-corrected chi connectivity index (χ0v) is 10.3. The van der Waals surface area contributed by atoms with Crippen LogP contribution in [-0.2, 0) is 17.6 Å². The summed E-state index contributed by atoms with van der Waals surface area (Å²) in [5.41, 5.74) is 0.858. The number of nitrogens with zero attached hydrogens (tertiary/aromatic N) is 1. The van der Waals surface area contributed by atoms with Crippen molar-refractivity contribution in [3.8, 4) is 5.75 Å². The van der Waals surface area contributed by atoms with E-state index in [4.69, 9.17) is 0 Å². The lowest BCUT2D eigenvalue weighted by atomic mass is 10.1. The summed E-state index contributed by atoms with van der Waals surface area (Å²) >= 11 is 1.52. The van der Waals surface area contributed by atoms with E-state index in [2.05, 4.69) is 4.98 Å². The molecule has 88 valence electrons. The van der Waals surface area contributed by atoms with E-state index in [1.54, 1.807) is 25.3 Å². The zero-order valence-electron chi connectivity index (χ0n) is 9.51. The van der Waals surface area contributed by atoms with Crippen molar-refractivity contribution in [1.29, 1.82) is 0 Å². The van der Waals surface area contributed by atoms with E-state index in [1.807, 2.05) is 12.1 Å². The minimum atomic E-state index is 0.141. The van der Waals surface area contributed by atoms with Crippen LogP contribution >= 0.6 is 11.3 Å². The molecule has 0 spiro atoms. The summed E-state index contributed by atoms with van der Waals surface area (Å²) in [4.78, 5) is 16.2. The van der Waals surface area contributed by atoms with Gasteiger partial charge in [-0.05, 0) is 13.0 Å². The number of hydrogen-bond donors (Lipinski definition) is 1. The summed E-state index contributed by atoms with van der Waals surface area (Å²) in [7, 11) is 0. The molecule has 0 fully saturated rings. The molecule has 4 heteroatoms. The molecule has 3 nitrogen and oxygen atoms in total. The number of rotatable bonds is 4. The molecule has 2 aromatic rings. The Balaban J connectivity index is 2.12. The van der Waals surface area contributed by atoms with Crippen molar-refractivity contribution >= 4 is 17.1 Å². The van der Waals surface area contributed by atoms with Crippen molar-refractivity contribution in [3.05, 3.63) is 45.9 Å². The molecule has 0 saturated heterocycles. The highest BCUT2D eigenvalue weighted by Crippen LogP contribution is 2.22. The monoisotopic (exact) mass is 247 g/mol. The van der Waals surface area contributed by atoms with E-state index >= 15 is 0 Å². The second kappa shape index (κ2) is 5.10. The van der Waals surface area contributed by atoms with Crippen LogP contribution in [0.1, 0.15) is 22.4 Å². The van der Waals surface area contributed by atoms with Crippen molar-refractivity contribution in [2.75, 3.05) is 0 Å². The van der Waals surface area contributed by atoms with Crippen molar-refractivity contribution < 1.29 is 9.90 Å². The molecule has 17 heavy (non-hydrogen) atoms. The third-order valence-corrected chi connectivity index (χ3v) is 3.36. The number of ketones is 1. The molecule has 0 radical (unpaired) electrons. The number of aromatic nitrogens is 1. The van der Waals surface area contributed by atoms with E-state index in [-0.39, 0.29) is 11.5 Å². The molecular formula is C13H13NO2S. The number of carbonyl (C=O) groups is 1. The average molecular weight is 247 g/mol. The number of benzene rings is 1. The normalized spacial score (nSPS) is 10.4. The fraction of sp³-hybridized carbons (Fsp3) is 0.231. The predicted molar refractivity (Wildman–Crippen MR) is 67.4 cm³/mol. The van der Waals surface area contributed by atoms with Crippen LogP contribution in [0.4, 0.5) is 0 Å². The average Bonchev–Trinajstić information content (AvgIpc) is 2.68. The number of thiazole rings is 1. The number of Topliss-reactive ketones (excluding diaryl/α,β-unsaturated/α-hetero) is 1. The van der Waals surface area contributed by atoms with Gasteiger partial charge in [0.1, 0.15) is 11.5 Å². The molecule has 0 amide bonds. The smallest absolute Gasteiger partial charge is 0.135 e.